The highest BCUT2D eigenvalue weighted by molar-refractivity contribution is 7.98. The van der Waals surface area contributed by atoms with Crippen LogP contribution < -0.4 is 5.73 Å². The van der Waals surface area contributed by atoms with Gasteiger partial charge in [-0.25, -0.2) is 4.68 Å². The molecule has 1 aromatic rings. The molecule has 4 nitrogen and oxygen atoms in total. The lowest BCUT2D eigenvalue weighted by molar-refractivity contribution is 0.406. The maximum Gasteiger partial charge on any atom is 0.141 e. The molecule has 0 aromatic carbocycles. The summed E-state index contributed by atoms with van der Waals surface area (Å²) in [5.41, 5.74) is 6.58. The van der Waals surface area contributed by atoms with Crippen molar-refractivity contribution in [2.75, 3.05) is 12.0 Å². The molecule has 92 valence electrons. The number of hydrogen-bond acceptors (Lipinski definition) is 4. The molecule has 0 atom stereocenters. The molecule has 1 fully saturated rings. The average Bonchev–Trinajstić information content (AvgIpc) is 2.55. The number of nitrogens with zero attached hydrogens (tertiary/aromatic N) is 3. The zero-order valence-corrected chi connectivity index (χ0v) is 11.0. The van der Waals surface area contributed by atoms with Gasteiger partial charge < -0.3 is 5.73 Å². The number of nitriles is 1. The van der Waals surface area contributed by atoms with Crippen LogP contribution in [0, 0.1) is 11.3 Å². The molecule has 0 bridgehead atoms. The van der Waals surface area contributed by atoms with Crippen LogP contribution in [0.4, 0.5) is 5.82 Å². The van der Waals surface area contributed by atoms with Crippen molar-refractivity contribution in [3.05, 3.63) is 5.56 Å². The normalized spacial score (nSPS) is 17.6. The van der Waals surface area contributed by atoms with E-state index in [4.69, 9.17) is 11.0 Å². The average molecular weight is 250 g/mol. The van der Waals surface area contributed by atoms with E-state index >= 15 is 0 Å². The molecule has 1 aliphatic carbocycles. The SMILES string of the molecule is CSc1nn(C2CCCCCC2)c(N)c1C#N. The Labute approximate surface area is 106 Å². The molecule has 0 spiro atoms. The fourth-order valence-electron chi connectivity index (χ4n) is 2.45. The van der Waals surface area contributed by atoms with Gasteiger partial charge in [0.1, 0.15) is 22.5 Å². The van der Waals surface area contributed by atoms with Gasteiger partial charge in [-0.3, -0.25) is 0 Å². The van der Waals surface area contributed by atoms with Crippen LogP contribution in [0.25, 0.3) is 0 Å². The monoisotopic (exact) mass is 250 g/mol. The van der Waals surface area contributed by atoms with Gasteiger partial charge in [0.15, 0.2) is 0 Å². The van der Waals surface area contributed by atoms with Crippen molar-refractivity contribution >= 4 is 17.6 Å². The molecule has 0 saturated heterocycles. The highest BCUT2D eigenvalue weighted by Crippen LogP contribution is 2.32. The summed E-state index contributed by atoms with van der Waals surface area (Å²) in [4.78, 5) is 0. The van der Waals surface area contributed by atoms with Gasteiger partial charge in [0, 0.05) is 0 Å². The van der Waals surface area contributed by atoms with Gasteiger partial charge in [-0.1, -0.05) is 25.7 Å². The van der Waals surface area contributed by atoms with Gasteiger partial charge >= 0.3 is 0 Å². The summed E-state index contributed by atoms with van der Waals surface area (Å²) in [5, 5.41) is 14.4. The van der Waals surface area contributed by atoms with Gasteiger partial charge in [-0.05, 0) is 19.1 Å². The molecule has 2 N–H and O–H groups in total. The Hall–Kier alpha value is -1.15. The van der Waals surface area contributed by atoms with Crippen molar-refractivity contribution in [3.8, 4) is 6.07 Å². The zero-order valence-electron chi connectivity index (χ0n) is 10.1. The third-order valence-corrected chi connectivity index (χ3v) is 4.06. The van der Waals surface area contributed by atoms with Gasteiger partial charge in [0.05, 0.1) is 6.04 Å². The highest BCUT2D eigenvalue weighted by atomic mass is 32.2. The number of rotatable bonds is 2. The predicted octanol–water partition coefficient (Wildman–Crippen LogP) is 2.95. The maximum atomic E-state index is 9.10. The lowest BCUT2D eigenvalue weighted by Gasteiger charge is -2.15. The van der Waals surface area contributed by atoms with Gasteiger partial charge in [-0.15, -0.1) is 11.8 Å². The minimum atomic E-state index is 0.380. The molecule has 0 aliphatic heterocycles. The molecule has 17 heavy (non-hydrogen) atoms. The van der Waals surface area contributed by atoms with Crippen LogP contribution in [0.2, 0.25) is 0 Å². The van der Waals surface area contributed by atoms with Crippen molar-refractivity contribution in [1.82, 2.24) is 9.78 Å². The molecule has 2 rings (SSSR count). The van der Waals surface area contributed by atoms with E-state index in [9.17, 15) is 0 Å². The third-order valence-electron chi connectivity index (χ3n) is 3.39. The molecular weight excluding hydrogens is 232 g/mol. The van der Waals surface area contributed by atoms with E-state index in [1.165, 1.54) is 37.4 Å². The Balaban J connectivity index is 2.31. The van der Waals surface area contributed by atoms with Crippen LogP contribution in [-0.4, -0.2) is 16.0 Å². The first-order valence-corrected chi connectivity index (χ1v) is 7.32. The Morgan fingerprint density at radius 1 is 1.35 bits per heavy atom. The lowest BCUT2D eigenvalue weighted by Crippen LogP contribution is -2.12. The van der Waals surface area contributed by atoms with Gasteiger partial charge in [0.2, 0.25) is 0 Å². The van der Waals surface area contributed by atoms with Gasteiger partial charge in [-0.2, -0.15) is 10.4 Å². The summed E-state index contributed by atoms with van der Waals surface area (Å²) >= 11 is 1.49. The topological polar surface area (TPSA) is 67.6 Å². The number of hydrogen-bond donors (Lipinski definition) is 1. The summed E-state index contributed by atoms with van der Waals surface area (Å²) in [6, 6.07) is 2.54. The molecule has 1 saturated carbocycles. The van der Waals surface area contributed by atoms with E-state index in [0.29, 0.717) is 17.4 Å². The Morgan fingerprint density at radius 2 is 2.00 bits per heavy atom. The number of nitrogens with two attached hydrogens (primary N) is 1. The molecular formula is C12H18N4S. The zero-order chi connectivity index (χ0) is 12.3. The molecule has 0 amide bonds. The lowest BCUT2D eigenvalue weighted by atomic mass is 10.1. The van der Waals surface area contributed by atoms with E-state index < -0.39 is 0 Å². The molecule has 1 aromatic heterocycles. The Morgan fingerprint density at radius 3 is 2.47 bits per heavy atom. The Bertz CT molecular complexity index is 424. The summed E-state index contributed by atoms with van der Waals surface area (Å²) < 4.78 is 1.88. The number of anilines is 1. The smallest absolute Gasteiger partial charge is 0.141 e. The van der Waals surface area contributed by atoms with E-state index in [-0.39, 0.29) is 0 Å². The van der Waals surface area contributed by atoms with Crippen molar-refractivity contribution in [3.63, 3.8) is 0 Å². The summed E-state index contributed by atoms with van der Waals surface area (Å²) in [5.74, 6) is 0.545. The molecule has 0 unspecified atom stereocenters. The maximum absolute atomic E-state index is 9.10. The summed E-state index contributed by atoms with van der Waals surface area (Å²) in [6.07, 6.45) is 9.27. The largest absolute Gasteiger partial charge is 0.383 e. The van der Waals surface area contributed by atoms with E-state index in [1.807, 2.05) is 10.9 Å². The van der Waals surface area contributed by atoms with Crippen LogP contribution in [0.3, 0.4) is 0 Å². The van der Waals surface area contributed by atoms with Crippen molar-refractivity contribution < 1.29 is 0 Å². The quantitative estimate of drug-likeness (QED) is 0.647. The predicted molar refractivity (Wildman–Crippen MR) is 69.9 cm³/mol. The Kier molecular flexibility index (Phi) is 3.95. The second-order valence-corrected chi connectivity index (χ2v) is 5.27. The van der Waals surface area contributed by atoms with Crippen LogP contribution in [0.15, 0.2) is 5.03 Å². The molecule has 1 heterocycles. The van der Waals surface area contributed by atoms with E-state index in [1.54, 1.807) is 0 Å². The van der Waals surface area contributed by atoms with Gasteiger partial charge in [0.25, 0.3) is 0 Å². The minimum Gasteiger partial charge on any atom is -0.383 e. The fourth-order valence-corrected chi connectivity index (χ4v) is 2.98. The fraction of sp³-hybridized carbons (Fsp3) is 0.667. The number of thioether (sulfide) groups is 1. The summed E-state index contributed by atoms with van der Waals surface area (Å²) in [7, 11) is 0. The minimum absolute atomic E-state index is 0.380. The molecule has 5 heteroatoms. The first-order chi connectivity index (χ1) is 8.27. The van der Waals surface area contributed by atoms with Crippen LogP contribution in [0.1, 0.15) is 50.1 Å². The van der Waals surface area contributed by atoms with Crippen LogP contribution in [-0.2, 0) is 0 Å². The van der Waals surface area contributed by atoms with Crippen molar-refractivity contribution in [2.45, 2.75) is 49.6 Å². The highest BCUT2D eigenvalue weighted by Gasteiger charge is 2.21. The number of nitrogen functional groups attached to an aromatic ring is 1. The van der Waals surface area contributed by atoms with Crippen LogP contribution >= 0.6 is 11.8 Å². The second-order valence-electron chi connectivity index (χ2n) is 4.47. The standard InChI is InChI=1S/C12H18N4S/c1-17-12-10(8-13)11(14)16(15-12)9-6-4-2-3-5-7-9/h9H,2-7,14H2,1H3. The van der Waals surface area contributed by atoms with E-state index in [2.05, 4.69) is 11.2 Å². The van der Waals surface area contributed by atoms with Crippen molar-refractivity contribution in [2.24, 2.45) is 0 Å². The number of aromatic nitrogens is 2. The first kappa shape index (κ1) is 12.3. The van der Waals surface area contributed by atoms with E-state index in [0.717, 1.165) is 17.9 Å². The molecule has 0 radical (unpaired) electrons. The summed E-state index contributed by atoms with van der Waals surface area (Å²) in [6.45, 7) is 0. The molecule has 1 aliphatic rings. The van der Waals surface area contributed by atoms with Crippen molar-refractivity contribution in [1.29, 1.82) is 5.26 Å². The van der Waals surface area contributed by atoms with Crippen LogP contribution in [0.5, 0.6) is 0 Å². The second kappa shape index (κ2) is 5.46. The first-order valence-electron chi connectivity index (χ1n) is 6.10. The third kappa shape index (κ3) is 2.42.